The van der Waals surface area contributed by atoms with E-state index >= 15 is 0 Å². The van der Waals surface area contributed by atoms with Gasteiger partial charge in [-0.05, 0) is 48.0 Å². The van der Waals surface area contributed by atoms with Gasteiger partial charge in [0.15, 0.2) is 28.8 Å². The number of phenols is 3. The van der Waals surface area contributed by atoms with Crippen LogP contribution in [0.2, 0.25) is 0 Å². The van der Waals surface area contributed by atoms with E-state index in [1.54, 1.807) is 0 Å². The Labute approximate surface area is 317 Å². The van der Waals surface area contributed by atoms with Crippen LogP contribution in [0.5, 0.6) is 28.7 Å². The summed E-state index contributed by atoms with van der Waals surface area (Å²) in [7, 11) is 2.57. The van der Waals surface area contributed by atoms with Gasteiger partial charge in [-0.3, -0.25) is 4.79 Å². The SMILES string of the molecule is COc1cc(C=CC(=O)OCC2OC(OC3C(c4c(OC)cc(O)c5c(=O)cc(-c6ccc(O)cc6)oc45)OC(CO)C(O)C3O)C(O)C(O)C2O)ccc1O. The van der Waals surface area contributed by atoms with E-state index in [0.29, 0.717) is 11.1 Å². The molecule has 56 heavy (non-hydrogen) atoms. The zero-order valence-corrected chi connectivity index (χ0v) is 29.7. The number of hydrogen-bond donors (Lipinski definition) is 9. The van der Waals surface area contributed by atoms with E-state index in [9.17, 15) is 55.5 Å². The summed E-state index contributed by atoms with van der Waals surface area (Å²) in [5.41, 5.74) is -0.381. The van der Waals surface area contributed by atoms with Crippen LogP contribution in [-0.2, 0) is 23.7 Å². The van der Waals surface area contributed by atoms with Gasteiger partial charge in [-0.15, -0.1) is 0 Å². The molecule has 0 amide bonds. The summed E-state index contributed by atoms with van der Waals surface area (Å²) >= 11 is 0. The van der Waals surface area contributed by atoms with Crippen molar-refractivity contribution in [2.75, 3.05) is 27.4 Å². The van der Waals surface area contributed by atoms with Crippen LogP contribution in [0, 0.1) is 0 Å². The van der Waals surface area contributed by atoms with Crippen molar-refractivity contribution in [2.45, 2.75) is 61.2 Å². The van der Waals surface area contributed by atoms with Crippen molar-refractivity contribution >= 4 is 23.0 Å². The molecular weight excluding hydrogens is 744 g/mol. The van der Waals surface area contributed by atoms with Crippen molar-refractivity contribution in [1.82, 2.24) is 0 Å². The molecule has 10 unspecified atom stereocenters. The molecule has 2 saturated heterocycles. The molecule has 2 aliphatic heterocycles. The summed E-state index contributed by atoms with van der Waals surface area (Å²) in [5.74, 6) is -1.67. The number of benzene rings is 3. The van der Waals surface area contributed by atoms with Gasteiger partial charge in [0.2, 0.25) is 0 Å². The number of esters is 1. The number of phenolic OH excluding ortho intramolecular Hbond substituents is 3. The molecule has 10 atom stereocenters. The van der Waals surface area contributed by atoms with Crippen molar-refractivity contribution in [3.8, 4) is 40.1 Å². The minimum atomic E-state index is -2.00. The number of aliphatic hydroxyl groups is 6. The Balaban J connectivity index is 1.32. The average molecular weight is 785 g/mol. The van der Waals surface area contributed by atoms with Gasteiger partial charge in [-0.1, -0.05) is 6.07 Å². The highest BCUT2D eigenvalue weighted by atomic mass is 16.7. The summed E-state index contributed by atoms with van der Waals surface area (Å²) in [6.07, 6.45) is -15.4. The monoisotopic (exact) mass is 784 g/mol. The highest BCUT2D eigenvalue weighted by Gasteiger charge is 2.52. The standard InChI is InChI=1S/C38H40O18/c1-50-23-11-16(3-9-19(23)41)4-10-27(44)52-15-26-31(46)32(47)34(49)38(55-26)56-37-33(48)30(45)25(14-39)54-36(37)29-24(51-2)13-21(43)28-20(42)12-22(53-35(28)29)17-5-7-18(40)8-6-17/h3-13,25-26,30-34,36-41,43,45-49H,14-15H2,1-2H3. The molecule has 3 aromatic carbocycles. The maximum absolute atomic E-state index is 13.5. The number of aliphatic hydroxyl groups excluding tert-OH is 6. The second-order valence-corrected chi connectivity index (χ2v) is 13.0. The molecule has 2 fully saturated rings. The fourth-order valence-corrected chi connectivity index (χ4v) is 6.49. The van der Waals surface area contributed by atoms with Crippen LogP contribution in [0.1, 0.15) is 17.2 Å². The maximum Gasteiger partial charge on any atom is 0.330 e. The van der Waals surface area contributed by atoms with Gasteiger partial charge in [0.05, 0.1) is 26.4 Å². The highest BCUT2D eigenvalue weighted by Crippen LogP contribution is 2.46. The quantitative estimate of drug-likeness (QED) is 0.0725. The van der Waals surface area contributed by atoms with Crippen LogP contribution < -0.4 is 14.9 Å². The molecule has 3 heterocycles. The second-order valence-electron chi connectivity index (χ2n) is 13.0. The third kappa shape index (κ3) is 8.01. The van der Waals surface area contributed by atoms with Crippen LogP contribution >= 0.6 is 0 Å². The Morgan fingerprint density at radius 1 is 0.786 bits per heavy atom. The van der Waals surface area contributed by atoms with Gasteiger partial charge in [0, 0.05) is 23.8 Å². The molecule has 9 N–H and O–H groups in total. The zero-order valence-electron chi connectivity index (χ0n) is 29.7. The number of ether oxygens (including phenoxy) is 6. The first-order valence-corrected chi connectivity index (χ1v) is 17.1. The van der Waals surface area contributed by atoms with Gasteiger partial charge < -0.3 is 78.8 Å². The number of aromatic hydroxyl groups is 3. The Hall–Kier alpha value is -5.28. The van der Waals surface area contributed by atoms with Gasteiger partial charge in [0.1, 0.15) is 89.9 Å². The number of methoxy groups -OCH3 is 2. The predicted octanol–water partition coefficient (Wildman–Crippen LogP) is 0.197. The fourth-order valence-electron chi connectivity index (χ4n) is 6.49. The molecule has 0 aliphatic carbocycles. The molecule has 4 aromatic rings. The van der Waals surface area contributed by atoms with Gasteiger partial charge in [-0.2, -0.15) is 0 Å². The van der Waals surface area contributed by atoms with Crippen LogP contribution in [0.4, 0.5) is 0 Å². The maximum atomic E-state index is 13.5. The van der Waals surface area contributed by atoms with Crippen molar-refractivity contribution in [2.24, 2.45) is 0 Å². The molecule has 18 heteroatoms. The molecule has 6 rings (SSSR count). The minimum Gasteiger partial charge on any atom is -0.508 e. The van der Waals surface area contributed by atoms with Crippen LogP contribution in [-0.4, -0.2) is 134 Å². The minimum absolute atomic E-state index is 0.0258. The number of fused-ring (bicyclic) bond motifs is 1. The van der Waals surface area contributed by atoms with Crippen LogP contribution in [0.3, 0.4) is 0 Å². The number of hydrogen-bond acceptors (Lipinski definition) is 18. The topological polar surface area (TPSA) is 285 Å². The van der Waals surface area contributed by atoms with E-state index in [2.05, 4.69) is 0 Å². The summed E-state index contributed by atoms with van der Waals surface area (Å²) < 4.78 is 39.7. The largest absolute Gasteiger partial charge is 0.508 e. The van der Waals surface area contributed by atoms with E-state index in [1.165, 1.54) is 62.8 Å². The number of carbonyl (C=O) groups is 1. The van der Waals surface area contributed by atoms with E-state index < -0.39 is 91.6 Å². The Morgan fingerprint density at radius 2 is 1.48 bits per heavy atom. The first-order valence-electron chi connectivity index (χ1n) is 17.1. The van der Waals surface area contributed by atoms with E-state index in [0.717, 1.165) is 18.2 Å². The Kier molecular flexibility index (Phi) is 12.1. The van der Waals surface area contributed by atoms with Crippen molar-refractivity contribution in [1.29, 1.82) is 0 Å². The number of rotatable bonds is 11. The van der Waals surface area contributed by atoms with E-state index in [-0.39, 0.29) is 45.3 Å². The summed E-state index contributed by atoms with van der Waals surface area (Å²) in [6.45, 7) is -1.49. The summed E-state index contributed by atoms with van der Waals surface area (Å²) in [6, 6.07) is 12.1. The lowest BCUT2D eigenvalue weighted by atomic mass is 9.89. The Morgan fingerprint density at radius 3 is 2.16 bits per heavy atom. The first kappa shape index (κ1) is 40.4. The first-order chi connectivity index (χ1) is 26.8. The van der Waals surface area contributed by atoms with Crippen molar-refractivity contribution in [3.05, 3.63) is 82.0 Å². The zero-order chi connectivity index (χ0) is 40.4. The third-order valence-electron chi connectivity index (χ3n) is 9.47. The molecule has 0 radical (unpaired) electrons. The average Bonchev–Trinajstić information content (AvgIpc) is 3.19. The van der Waals surface area contributed by atoms with Gasteiger partial charge >= 0.3 is 5.97 Å². The molecule has 0 bridgehead atoms. The molecule has 0 spiro atoms. The summed E-state index contributed by atoms with van der Waals surface area (Å²) in [5, 5.41) is 95.1. The third-order valence-corrected chi connectivity index (χ3v) is 9.47. The lowest BCUT2D eigenvalue weighted by Gasteiger charge is -2.46. The fraction of sp³-hybridized carbons (Fsp3) is 0.368. The Bertz CT molecular complexity index is 2110. The predicted molar refractivity (Wildman–Crippen MR) is 191 cm³/mol. The molecule has 18 nitrogen and oxygen atoms in total. The highest BCUT2D eigenvalue weighted by molar-refractivity contribution is 5.90. The molecule has 0 saturated carbocycles. The lowest BCUT2D eigenvalue weighted by Crippen LogP contribution is -2.63. The van der Waals surface area contributed by atoms with E-state index in [4.69, 9.17) is 32.8 Å². The second kappa shape index (κ2) is 16.8. The van der Waals surface area contributed by atoms with E-state index in [1.807, 2.05) is 0 Å². The van der Waals surface area contributed by atoms with Crippen molar-refractivity contribution < 1.29 is 83.6 Å². The molecular formula is C38H40O18. The number of carbonyl (C=O) groups excluding carboxylic acids is 1. The van der Waals surface area contributed by atoms with Gasteiger partial charge in [-0.25, -0.2) is 4.79 Å². The van der Waals surface area contributed by atoms with Crippen LogP contribution in [0.25, 0.3) is 28.4 Å². The normalized spacial score (nSPS) is 28.0. The molecule has 300 valence electrons. The summed E-state index contributed by atoms with van der Waals surface area (Å²) in [4.78, 5) is 26.0. The van der Waals surface area contributed by atoms with Crippen molar-refractivity contribution in [3.63, 3.8) is 0 Å². The van der Waals surface area contributed by atoms with Gasteiger partial charge in [0.25, 0.3) is 0 Å². The smallest absolute Gasteiger partial charge is 0.330 e. The lowest BCUT2D eigenvalue weighted by molar-refractivity contribution is -0.342. The molecule has 2 aliphatic rings. The molecule has 1 aromatic heterocycles. The van der Waals surface area contributed by atoms with Crippen LogP contribution in [0.15, 0.2) is 69.9 Å².